The number of allylic oxidation sites excluding steroid dienone is 10. The maximum atomic E-state index is 12.4. The molecule has 1 saturated heterocycles. The van der Waals surface area contributed by atoms with Crippen molar-refractivity contribution in [2.24, 2.45) is 0 Å². The van der Waals surface area contributed by atoms with Gasteiger partial charge in [0.05, 0.1) is 12.7 Å². The van der Waals surface area contributed by atoms with Gasteiger partial charge in [-0.05, 0) is 118 Å². The molecule has 2 N–H and O–H groups in total. The van der Waals surface area contributed by atoms with E-state index in [0.717, 1.165) is 51.4 Å². The molecule has 1 aliphatic heterocycles. The van der Waals surface area contributed by atoms with Crippen molar-refractivity contribution in [3.63, 3.8) is 0 Å². The highest BCUT2D eigenvalue weighted by molar-refractivity contribution is 5.89. The number of nitrogens with zero attached hydrogens (tertiary/aromatic N) is 2. The van der Waals surface area contributed by atoms with E-state index in [9.17, 15) is 14.7 Å². The number of ether oxygens (including phenoxy) is 1. The van der Waals surface area contributed by atoms with E-state index >= 15 is 0 Å². The lowest BCUT2D eigenvalue weighted by Crippen LogP contribution is -2.28. The van der Waals surface area contributed by atoms with Crippen molar-refractivity contribution in [2.75, 3.05) is 11.9 Å². The predicted molar refractivity (Wildman–Crippen MR) is 178 cm³/mol. The van der Waals surface area contributed by atoms with Crippen molar-refractivity contribution >= 4 is 11.7 Å². The number of carbonyl (C=O) groups excluding carboxylic acids is 1. The molecule has 2 rings (SSSR count). The van der Waals surface area contributed by atoms with E-state index in [0.29, 0.717) is 25.7 Å². The van der Waals surface area contributed by atoms with Crippen molar-refractivity contribution in [3.05, 3.63) is 81.0 Å². The smallest absolute Gasteiger partial charge is 0.351 e. The molecule has 7 nitrogen and oxygen atoms in total. The summed E-state index contributed by atoms with van der Waals surface area (Å²) in [6, 6.07) is 1.61. The third-order valence-corrected chi connectivity index (χ3v) is 7.75. The highest BCUT2D eigenvalue weighted by atomic mass is 16.5. The molecule has 0 radical (unpaired) electrons. The average molecular weight is 594 g/mol. The number of anilines is 1. The summed E-state index contributed by atoms with van der Waals surface area (Å²) < 4.78 is 7.05. The van der Waals surface area contributed by atoms with E-state index < -0.39 is 11.9 Å². The van der Waals surface area contributed by atoms with Crippen molar-refractivity contribution in [2.45, 2.75) is 131 Å². The number of aromatic nitrogens is 2. The molecule has 7 heteroatoms. The Morgan fingerprint density at radius 1 is 0.837 bits per heavy atom. The Morgan fingerprint density at radius 2 is 1.37 bits per heavy atom. The molecule has 1 amide bonds. The van der Waals surface area contributed by atoms with Gasteiger partial charge in [0.25, 0.3) is 0 Å². The van der Waals surface area contributed by atoms with Crippen LogP contribution in [-0.4, -0.2) is 33.3 Å². The van der Waals surface area contributed by atoms with Crippen molar-refractivity contribution in [1.82, 2.24) is 9.55 Å². The van der Waals surface area contributed by atoms with Gasteiger partial charge in [0.1, 0.15) is 12.0 Å². The fraction of sp³-hybridized carbons (Fsp3) is 0.583. The Labute approximate surface area is 259 Å². The van der Waals surface area contributed by atoms with E-state index in [-0.39, 0.29) is 24.4 Å². The minimum Gasteiger partial charge on any atom is -0.394 e. The maximum absolute atomic E-state index is 12.4. The van der Waals surface area contributed by atoms with Crippen LogP contribution in [0.4, 0.5) is 5.82 Å². The molecule has 238 valence electrons. The van der Waals surface area contributed by atoms with Gasteiger partial charge in [-0.15, -0.1) is 0 Å². The minimum atomic E-state index is -0.476. The van der Waals surface area contributed by atoms with Crippen LogP contribution in [0, 0.1) is 0 Å². The Bertz CT molecular complexity index is 1230. The molecule has 2 atom stereocenters. The minimum absolute atomic E-state index is 0.0645. The molecule has 0 saturated carbocycles. The first-order chi connectivity index (χ1) is 20.6. The fourth-order valence-electron chi connectivity index (χ4n) is 4.99. The molecule has 0 spiro atoms. The summed E-state index contributed by atoms with van der Waals surface area (Å²) in [6.45, 7) is 13.0. The van der Waals surface area contributed by atoms with Gasteiger partial charge in [0.15, 0.2) is 0 Å². The standard InChI is InChI=1S/C36H55N3O4/c1-27(2)12-9-15-30(5)18-10-16-28(3)13-7-8-14-29(4)17-11-19-31(6)20-22-34(41)37-33-24-25-39(36(42)38-33)35-23-21-32(26-40)43-35/h12-14,18-19,24-25,32,35,40H,7-11,15-17,20-23,26H2,1-6H3,(H,37,38,41,42)/b28-13+,29-14+,30-18+,31-19+/t32-,35+/m0/s1. The summed E-state index contributed by atoms with van der Waals surface area (Å²) in [7, 11) is 0. The Morgan fingerprint density at radius 3 is 1.88 bits per heavy atom. The lowest BCUT2D eigenvalue weighted by atomic mass is 10.0. The number of nitrogens with one attached hydrogen (secondary N) is 1. The van der Waals surface area contributed by atoms with Crippen LogP contribution in [0.5, 0.6) is 0 Å². The molecule has 0 aromatic carbocycles. The zero-order valence-electron chi connectivity index (χ0n) is 27.5. The summed E-state index contributed by atoms with van der Waals surface area (Å²) in [6.07, 6.45) is 23.6. The number of unbranched alkanes of at least 4 members (excludes halogenated alkanes) is 1. The number of amides is 1. The van der Waals surface area contributed by atoms with E-state index in [4.69, 9.17) is 4.74 Å². The zero-order chi connectivity index (χ0) is 31.6. The van der Waals surface area contributed by atoms with Crippen LogP contribution in [-0.2, 0) is 9.53 Å². The number of hydrogen-bond donors (Lipinski definition) is 2. The summed E-state index contributed by atoms with van der Waals surface area (Å²) >= 11 is 0. The van der Waals surface area contributed by atoms with Gasteiger partial charge in [-0.3, -0.25) is 9.36 Å². The fourth-order valence-corrected chi connectivity index (χ4v) is 4.99. The molecule has 0 unspecified atom stereocenters. The third-order valence-electron chi connectivity index (χ3n) is 7.75. The van der Waals surface area contributed by atoms with E-state index in [2.05, 4.69) is 82.2 Å². The molecule has 1 fully saturated rings. The van der Waals surface area contributed by atoms with E-state index in [1.54, 1.807) is 12.3 Å². The van der Waals surface area contributed by atoms with Gasteiger partial charge in [0.2, 0.25) is 5.91 Å². The Balaban J connectivity index is 1.63. The van der Waals surface area contributed by atoms with Gasteiger partial charge in [-0.1, -0.05) is 58.2 Å². The molecule has 1 aromatic rings. The largest absolute Gasteiger partial charge is 0.394 e. The summed E-state index contributed by atoms with van der Waals surface area (Å²) in [5.74, 6) is 0.0768. The first kappa shape index (κ1) is 36.2. The SMILES string of the molecule is CC(C)=CCC/C(C)=C/CC/C(C)=C/CC/C=C(\C)CC/C=C(\C)CCC(=O)Nc1ccn([C@H]2CC[C@@H](CO)O2)c(=O)n1. The maximum Gasteiger partial charge on any atom is 0.351 e. The van der Waals surface area contributed by atoms with Crippen LogP contribution in [0.2, 0.25) is 0 Å². The summed E-state index contributed by atoms with van der Waals surface area (Å²) in [5.41, 5.74) is 6.46. The second kappa shape index (κ2) is 20.0. The molecule has 0 aliphatic carbocycles. The number of aliphatic hydroxyl groups excluding tert-OH is 1. The normalized spacial score (nSPS) is 18.2. The number of hydrogen-bond acceptors (Lipinski definition) is 5. The molecule has 2 heterocycles. The van der Waals surface area contributed by atoms with Crippen LogP contribution >= 0.6 is 0 Å². The quantitative estimate of drug-likeness (QED) is 0.131. The van der Waals surface area contributed by atoms with Crippen molar-refractivity contribution in [1.29, 1.82) is 0 Å². The van der Waals surface area contributed by atoms with Gasteiger partial charge in [0, 0.05) is 12.6 Å². The van der Waals surface area contributed by atoms with Crippen LogP contribution in [0.25, 0.3) is 0 Å². The van der Waals surface area contributed by atoms with Crippen LogP contribution in [0.1, 0.15) is 125 Å². The third kappa shape index (κ3) is 15.3. The monoisotopic (exact) mass is 593 g/mol. The zero-order valence-corrected chi connectivity index (χ0v) is 27.5. The highest BCUT2D eigenvalue weighted by Crippen LogP contribution is 2.26. The molecule has 43 heavy (non-hydrogen) atoms. The van der Waals surface area contributed by atoms with Crippen molar-refractivity contribution < 1.29 is 14.6 Å². The molecular weight excluding hydrogens is 538 g/mol. The number of aliphatic hydroxyl groups is 1. The topological polar surface area (TPSA) is 93.5 Å². The Kier molecular flexibility index (Phi) is 16.8. The van der Waals surface area contributed by atoms with Gasteiger partial charge < -0.3 is 15.2 Å². The predicted octanol–water partition coefficient (Wildman–Crippen LogP) is 8.50. The average Bonchev–Trinajstić information content (AvgIpc) is 3.43. The highest BCUT2D eigenvalue weighted by Gasteiger charge is 2.26. The number of rotatable bonds is 18. The second-order valence-electron chi connectivity index (χ2n) is 12.2. The molecule has 1 aliphatic rings. The summed E-state index contributed by atoms with van der Waals surface area (Å²) in [5, 5.41) is 12.0. The van der Waals surface area contributed by atoms with Gasteiger partial charge >= 0.3 is 5.69 Å². The van der Waals surface area contributed by atoms with Crippen LogP contribution in [0.15, 0.2) is 75.3 Å². The lowest BCUT2D eigenvalue weighted by molar-refractivity contribution is -0.116. The second-order valence-corrected chi connectivity index (χ2v) is 12.2. The summed E-state index contributed by atoms with van der Waals surface area (Å²) in [4.78, 5) is 28.8. The molecule has 1 aromatic heterocycles. The van der Waals surface area contributed by atoms with Crippen LogP contribution < -0.4 is 11.0 Å². The first-order valence-corrected chi connectivity index (χ1v) is 16.0. The molecular formula is C36H55N3O4. The van der Waals surface area contributed by atoms with E-state index in [1.165, 1.54) is 32.4 Å². The van der Waals surface area contributed by atoms with Gasteiger partial charge in [-0.25, -0.2) is 4.79 Å². The lowest BCUT2D eigenvalue weighted by Gasteiger charge is -2.15. The number of carbonyl (C=O) groups is 1. The Hall–Kier alpha value is -3.03. The van der Waals surface area contributed by atoms with E-state index in [1.807, 2.05) is 0 Å². The van der Waals surface area contributed by atoms with Gasteiger partial charge in [-0.2, -0.15) is 4.98 Å². The first-order valence-electron chi connectivity index (χ1n) is 16.0. The molecule has 0 bridgehead atoms. The van der Waals surface area contributed by atoms with Crippen LogP contribution in [0.3, 0.4) is 0 Å². The van der Waals surface area contributed by atoms with Crippen molar-refractivity contribution in [3.8, 4) is 0 Å².